The molecule has 0 radical (unpaired) electrons. The topological polar surface area (TPSA) is 62.4 Å². The molecule has 2 rings (SSSR count). The molecule has 2 amide bonds. The lowest BCUT2D eigenvalue weighted by atomic mass is 10.0. The number of rotatable bonds is 3. The first-order valence-corrected chi connectivity index (χ1v) is 6.62. The number of piperidine rings is 1. The quantitative estimate of drug-likeness (QED) is 0.781. The Morgan fingerprint density at radius 3 is 3.05 bits per heavy atom. The SMILES string of the molecule is COc1cccc(NC(=O)NC2CCNC(C)C2)c1. The summed E-state index contributed by atoms with van der Waals surface area (Å²) in [6, 6.07) is 7.86. The van der Waals surface area contributed by atoms with E-state index in [9.17, 15) is 4.79 Å². The van der Waals surface area contributed by atoms with Gasteiger partial charge in [-0.3, -0.25) is 0 Å². The minimum atomic E-state index is -0.160. The van der Waals surface area contributed by atoms with E-state index in [-0.39, 0.29) is 12.1 Å². The molecule has 3 N–H and O–H groups in total. The predicted molar refractivity (Wildman–Crippen MR) is 75.6 cm³/mol. The molecule has 5 heteroatoms. The highest BCUT2D eigenvalue weighted by Gasteiger charge is 2.19. The summed E-state index contributed by atoms with van der Waals surface area (Å²) in [5.41, 5.74) is 0.735. The third-order valence-corrected chi connectivity index (χ3v) is 3.29. The molecule has 1 fully saturated rings. The van der Waals surface area contributed by atoms with Crippen LogP contribution in [-0.2, 0) is 0 Å². The monoisotopic (exact) mass is 263 g/mol. The fraction of sp³-hybridized carbons (Fsp3) is 0.500. The molecule has 5 nitrogen and oxygen atoms in total. The molecule has 1 heterocycles. The van der Waals surface area contributed by atoms with Gasteiger partial charge in [0.05, 0.1) is 7.11 Å². The zero-order valence-corrected chi connectivity index (χ0v) is 11.4. The van der Waals surface area contributed by atoms with Crippen LogP contribution in [-0.4, -0.2) is 31.8 Å². The van der Waals surface area contributed by atoms with Gasteiger partial charge in [-0.25, -0.2) is 4.79 Å². The number of hydrogen-bond acceptors (Lipinski definition) is 3. The fourth-order valence-corrected chi connectivity index (χ4v) is 2.32. The first kappa shape index (κ1) is 13.7. The molecule has 2 atom stereocenters. The minimum absolute atomic E-state index is 0.160. The average Bonchev–Trinajstić information content (AvgIpc) is 2.38. The molecule has 2 unspecified atom stereocenters. The summed E-state index contributed by atoms with van der Waals surface area (Å²) in [7, 11) is 1.61. The van der Waals surface area contributed by atoms with Gasteiger partial charge in [-0.1, -0.05) is 6.07 Å². The van der Waals surface area contributed by atoms with Gasteiger partial charge in [-0.15, -0.1) is 0 Å². The maximum absolute atomic E-state index is 11.9. The first-order valence-electron chi connectivity index (χ1n) is 6.62. The fourth-order valence-electron chi connectivity index (χ4n) is 2.32. The molecule has 0 aliphatic carbocycles. The normalized spacial score (nSPS) is 22.6. The predicted octanol–water partition coefficient (Wildman–Crippen LogP) is 1.96. The second-order valence-electron chi connectivity index (χ2n) is 4.91. The Kier molecular flexibility index (Phi) is 4.63. The molecule has 1 aliphatic heterocycles. The summed E-state index contributed by atoms with van der Waals surface area (Å²) in [6.45, 7) is 3.08. The molecule has 104 valence electrons. The number of benzene rings is 1. The Balaban J connectivity index is 1.86. The van der Waals surface area contributed by atoms with Gasteiger partial charge < -0.3 is 20.7 Å². The Morgan fingerprint density at radius 2 is 2.32 bits per heavy atom. The minimum Gasteiger partial charge on any atom is -0.497 e. The van der Waals surface area contributed by atoms with Crippen LogP contribution in [0.2, 0.25) is 0 Å². The van der Waals surface area contributed by atoms with Crippen molar-refractivity contribution in [3.05, 3.63) is 24.3 Å². The second-order valence-corrected chi connectivity index (χ2v) is 4.91. The Labute approximate surface area is 113 Å². The number of anilines is 1. The van der Waals surface area contributed by atoms with E-state index in [2.05, 4.69) is 22.9 Å². The van der Waals surface area contributed by atoms with Crippen LogP contribution in [0.15, 0.2) is 24.3 Å². The van der Waals surface area contributed by atoms with E-state index >= 15 is 0 Å². The van der Waals surface area contributed by atoms with Gasteiger partial charge in [0.1, 0.15) is 5.75 Å². The molecule has 1 aliphatic rings. The van der Waals surface area contributed by atoms with E-state index in [4.69, 9.17) is 4.74 Å². The highest BCUT2D eigenvalue weighted by atomic mass is 16.5. The van der Waals surface area contributed by atoms with E-state index in [1.54, 1.807) is 13.2 Å². The van der Waals surface area contributed by atoms with Crippen molar-refractivity contribution < 1.29 is 9.53 Å². The molecular weight excluding hydrogens is 242 g/mol. The number of urea groups is 1. The molecule has 1 aromatic carbocycles. The summed E-state index contributed by atoms with van der Waals surface area (Å²) in [5, 5.41) is 9.19. The largest absolute Gasteiger partial charge is 0.497 e. The molecule has 0 bridgehead atoms. The summed E-state index contributed by atoms with van der Waals surface area (Å²) in [5.74, 6) is 0.730. The third kappa shape index (κ3) is 4.13. The molecule has 1 aromatic rings. The first-order chi connectivity index (χ1) is 9.17. The standard InChI is InChI=1S/C14H21N3O2/c1-10-8-12(6-7-15-10)17-14(18)16-11-4-3-5-13(9-11)19-2/h3-5,9-10,12,15H,6-8H2,1-2H3,(H2,16,17,18). The molecule has 19 heavy (non-hydrogen) atoms. The highest BCUT2D eigenvalue weighted by molar-refractivity contribution is 5.89. The van der Waals surface area contributed by atoms with Crippen molar-refractivity contribution >= 4 is 11.7 Å². The van der Waals surface area contributed by atoms with Crippen molar-refractivity contribution in [2.75, 3.05) is 19.0 Å². The van der Waals surface area contributed by atoms with Crippen LogP contribution in [0.25, 0.3) is 0 Å². The van der Waals surface area contributed by atoms with Gasteiger partial charge in [0.15, 0.2) is 0 Å². The number of methoxy groups -OCH3 is 1. The lowest BCUT2D eigenvalue weighted by Gasteiger charge is -2.28. The molecule has 0 aromatic heterocycles. The van der Waals surface area contributed by atoms with Crippen molar-refractivity contribution in [2.24, 2.45) is 0 Å². The molecular formula is C14H21N3O2. The van der Waals surface area contributed by atoms with Crippen LogP contribution in [0.1, 0.15) is 19.8 Å². The van der Waals surface area contributed by atoms with Gasteiger partial charge in [0.2, 0.25) is 0 Å². The van der Waals surface area contributed by atoms with Gasteiger partial charge in [-0.2, -0.15) is 0 Å². The smallest absolute Gasteiger partial charge is 0.319 e. The van der Waals surface area contributed by atoms with E-state index in [1.165, 1.54) is 0 Å². The summed E-state index contributed by atoms with van der Waals surface area (Å²) < 4.78 is 5.12. The van der Waals surface area contributed by atoms with Crippen LogP contribution in [0, 0.1) is 0 Å². The lowest BCUT2D eigenvalue weighted by molar-refractivity contribution is 0.242. The van der Waals surface area contributed by atoms with Crippen molar-refractivity contribution in [1.29, 1.82) is 0 Å². The maximum Gasteiger partial charge on any atom is 0.319 e. The number of nitrogens with one attached hydrogen (secondary N) is 3. The Bertz CT molecular complexity index is 436. The maximum atomic E-state index is 11.9. The van der Waals surface area contributed by atoms with E-state index in [0.717, 1.165) is 30.8 Å². The van der Waals surface area contributed by atoms with Gasteiger partial charge in [-0.05, 0) is 38.4 Å². The van der Waals surface area contributed by atoms with Crippen LogP contribution >= 0.6 is 0 Å². The Hall–Kier alpha value is -1.75. The van der Waals surface area contributed by atoms with Gasteiger partial charge in [0, 0.05) is 23.8 Å². The summed E-state index contributed by atoms with van der Waals surface area (Å²) in [4.78, 5) is 11.9. The number of carbonyl (C=O) groups excluding carboxylic acids is 1. The zero-order chi connectivity index (χ0) is 13.7. The Morgan fingerprint density at radius 1 is 1.47 bits per heavy atom. The van der Waals surface area contributed by atoms with Crippen LogP contribution in [0.5, 0.6) is 5.75 Å². The number of hydrogen-bond donors (Lipinski definition) is 3. The van der Waals surface area contributed by atoms with Crippen molar-refractivity contribution in [1.82, 2.24) is 10.6 Å². The second kappa shape index (κ2) is 6.43. The van der Waals surface area contributed by atoms with Crippen molar-refractivity contribution in [3.63, 3.8) is 0 Å². The van der Waals surface area contributed by atoms with E-state index in [1.807, 2.05) is 18.2 Å². The van der Waals surface area contributed by atoms with E-state index in [0.29, 0.717) is 6.04 Å². The number of amides is 2. The molecule has 0 spiro atoms. The van der Waals surface area contributed by atoms with Crippen LogP contribution < -0.4 is 20.7 Å². The van der Waals surface area contributed by atoms with Crippen LogP contribution in [0.3, 0.4) is 0 Å². The number of ether oxygens (including phenoxy) is 1. The van der Waals surface area contributed by atoms with Crippen molar-refractivity contribution in [2.45, 2.75) is 31.8 Å². The van der Waals surface area contributed by atoms with Crippen molar-refractivity contribution in [3.8, 4) is 5.75 Å². The third-order valence-electron chi connectivity index (χ3n) is 3.29. The molecule has 0 saturated carbocycles. The highest BCUT2D eigenvalue weighted by Crippen LogP contribution is 2.16. The van der Waals surface area contributed by atoms with Gasteiger partial charge in [0.25, 0.3) is 0 Å². The molecule has 1 saturated heterocycles. The lowest BCUT2D eigenvalue weighted by Crippen LogP contribution is -2.47. The zero-order valence-electron chi connectivity index (χ0n) is 11.4. The summed E-state index contributed by atoms with van der Waals surface area (Å²) >= 11 is 0. The average molecular weight is 263 g/mol. The summed E-state index contributed by atoms with van der Waals surface area (Å²) in [6.07, 6.45) is 1.93. The van der Waals surface area contributed by atoms with Crippen LogP contribution in [0.4, 0.5) is 10.5 Å². The van der Waals surface area contributed by atoms with E-state index < -0.39 is 0 Å². The number of carbonyl (C=O) groups is 1. The van der Waals surface area contributed by atoms with Gasteiger partial charge >= 0.3 is 6.03 Å².